The molecule has 0 aromatic carbocycles. The highest BCUT2D eigenvalue weighted by atomic mass is 79.9. The van der Waals surface area contributed by atoms with Crippen molar-refractivity contribution in [3.05, 3.63) is 16.4 Å². The third kappa shape index (κ3) is 2.28. The van der Waals surface area contributed by atoms with E-state index in [1.807, 2.05) is 0 Å². The molecule has 7 heteroatoms. The van der Waals surface area contributed by atoms with E-state index in [1.54, 1.807) is 6.20 Å². The predicted molar refractivity (Wildman–Crippen MR) is 68.2 cm³/mol. The van der Waals surface area contributed by atoms with Gasteiger partial charge in [0.1, 0.15) is 11.5 Å². The number of nitrogens with two attached hydrogens (primary N) is 1. The Morgan fingerprint density at radius 1 is 1.29 bits per heavy atom. The summed E-state index contributed by atoms with van der Waals surface area (Å²) in [5.74, 6) is 0.882. The van der Waals surface area contributed by atoms with Crippen LogP contribution in [-0.2, 0) is 5.41 Å². The lowest BCUT2D eigenvalue weighted by Crippen LogP contribution is -2.17. The van der Waals surface area contributed by atoms with E-state index < -0.39 is 0 Å². The van der Waals surface area contributed by atoms with Gasteiger partial charge in [0, 0.05) is 5.41 Å². The number of anilines is 1. The average molecular weight is 297 g/mol. The zero-order valence-electron chi connectivity index (χ0n) is 9.82. The Kier molecular flexibility index (Phi) is 2.86. The standard InChI is InChI=1S/C10H13BrN6/c1-10(2,3)7-6(11)8(12)15-9(14-7)5-4-13-17-16-5/h4H,1-3H3,(H2,12,14,15)(H,13,16,17). The number of H-pyrrole nitrogens is 1. The summed E-state index contributed by atoms with van der Waals surface area (Å²) in [5.41, 5.74) is 7.17. The summed E-state index contributed by atoms with van der Waals surface area (Å²) < 4.78 is 0.734. The summed E-state index contributed by atoms with van der Waals surface area (Å²) in [5, 5.41) is 10.2. The van der Waals surface area contributed by atoms with Crippen molar-refractivity contribution in [3.8, 4) is 11.5 Å². The van der Waals surface area contributed by atoms with Crippen LogP contribution in [0.25, 0.3) is 11.5 Å². The molecule has 90 valence electrons. The van der Waals surface area contributed by atoms with Gasteiger partial charge in [0.2, 0.25) is 0 Å². The average Bonchev–Trinajstić information content (AvgIpc) is 2.73. The number of nitrogens with zero attached hydrogens (tertiary/aromatic N) is 4. The first kappa shape index (κ1) is 12.0. The van der Waals surface area contributed by atoms with Gasteiger partial charge in [0.25, 0.3) is 0 Å². The van der Waals surface area contributed by atoms with Crippen LogP contribution in [0, 0.1) is 0 Å². The van der Waals surface area contributed by atoms with Gasteiger partial charge in [-0.05, 0) is 15.9 Å². The molecule has 2 aromatic heterocycles. The molecule has 3 N–H and O–H groups in total. The van der Waals surface area contributed by atoms with Gasteiger partial charge in [-0.2, -0.15) is 15.4 Å². The normalized spacial score (nSPS) is 11.8. The van der Waals surface area contributed by atoms with Crippen molar-refractivity contribution in [2.75, 3.05) is 5.73 Å². The molecule has 0 saturated heterocycles. The highest BCUT2D eigenvalue weighted by molar-refractivity contribution is 9.10. The maximum Gasteiger partial charge on any atom is 0.184 e. The fourth-order valence-electron chi connectivity index (χ4n) is 1.39. The van der Waals surface area contributed by atoms with E-state index in [0.29, 0.717) is 17.3 Å². The summed E-state index contributed by atoms with van der Waals surface area (Å²) in [4.78, 5) is 8.67. The minimum atomic E-state index is -0.131. The molecule has 2 rings (SSSR count). The van der Waals surface area contributed by atoms with Crippen LogP contribution >= 0.6 is 15.9 Å². The molecular weight excluding hydrogens is 284 g/mol. The van der Waals surface area contributed by atoms with Gasteiger partial charge in [0.05, 0.1) is 16.4 Å². The Bertz CT molecular complexity index is 528. The molecule has 0 unspecified atom stereocenters. The molecule has 2 aromatic rings. The van der Waals surface area contributed by atoms with E-state index in [9.17, 15) is 0 Å². The first-order valence-electron chi connectivity index (χ1n) is 5.09. The Hall–Kier alpha value is -1.50. The highest BCUT2D eigenvalue weighted by Gasteiger charge is 2.23. The third-order valence-corrected chi connectivity index (χ3v) is 3.01. The molecule has 0 bridgehead atoms. The lowest BCUT2D eigenvalue weighted by Gasteiger charge is -2.20. The van der Waals surface area contributed by atoms with Crippen molar-refractivity contribution >= 4 is 21.7 Å². The number of hydrogen-bond acceptors (Lipinski definition) is 5. The van der Waals surface area contributed by atoms with Crippen LogP contribution < -0.4 is 5.73 Å². The summed E-state index contributed by atoms with van der Waals surface area (Å²) in [6.45, 7) is 6.18. The zero-order valence-corrected chi connectivity index (χ0v) is 11.4. The number of nitrogens with one attached hydrogen (secondary N) is 1. The Morgan fingerprint density at radius 3 is 2.53 bits per heavy atom. The van der Waals surface area contributed by atoms with E-state index in [4.69, 9.17) is 5.73 Å². The maximum absolute atomic E-state index is 5.87. The van der Waals surface area contributed by atoms with Gasteiger partial charge in [0.15, 0.2) is 5.82 Å². The largest absolute Gasteiger partial charge is 0.383 e. The maximum atomic E-state index is 5.87. The number of nitrogen functional groups attached to an aromatic ring is 1. The molecule has 0 spiro atoms. The number of rotatable bonds is 1. The van der Waals surface area contributed by atoms with Crippen LogP contribution in [0.1, 0.15) is 26.5 Å². The van der Waals surface area contributed by atoms with Gasteiger partial charge in [-0.3, -0.25) is 0 Å². The molecule has 17 heavy (non-hydrogen) atoms. The van der Waals surface area contributed by atoms with Crippen LogP contribution in [0.3, 0.4) is 0 Å². The molecule has 0 radical (unpaired) electrons. The van der Waals surface area contributed by atoms with Crippen molar-refractivity contribution in [1.29, 1.82) is 0 Å². The fraction of sp³-hybridized carbons (Fsp3) is 0.400. The molecular formula is C10H13BrN6. The molecule has 0 aliphatic carbocycles. The summed E-state index contributed by atoms with van der Waals surface area (Å²) >= 11 is 3.42. The SMILES string of the molecule is CC(C)(C)c1nc(-c2cn[nH]n2)nc(N)c1Br. The second-order valence-electron chi connectivity index (χ2n) is 4.70. The van der Waals surface area contributed by atoms with Crippen LogP contribution in [0.4, 0.5) is 5.82 Å². The molecule has 0 fully saturated rings. The van der Waals surface area contributed by atoms with E-state index in [-0.39, 0.29) is 5.41 Å². The van der Waals surface area contributed by atoms with E-state index >= 15 is 0 Å². The van der Waals surface area contributed by atoms with Crippen molar-refractivity contribution in [2.24, 2.45) is 0 Å². The summed E-state index contributed by atoms with van der Waals surface area (Å²) in [7, 11) is 0. The first-order valence-corrected chi connectivity index (χ1v) is 5.88. The van der Waals surface area contributed by atoms with Gasteiger partial charge in [-0.25, -0.2) is 9.97 Å². The van der Waals surface area contributed by atoms with E-state index in [1.165, 1.54) is 0 Å². The quantitative estimate of drug-likeness (QED) is 0.838. The van der Waals surface area contributed by atoms with Crippen LogP contribution in [0.15, 0.2) is 10.7 Å². The van der Waals surface area contributed by atoms with Crippen molar-refractivity contribution < 1.29 is 0 Å². The Balaban J connectivity index is 2.62. The molecule has 2 heterocycles. The highest BCUT2D eigenvalue weighted by Crippen LogP contribution is 2.32. The van der Waals surface area contributed by atoms with Crippen LogP contribution in [0.2, 0.25) is 0 Å². The topological polar surface area (TPSA) is 93.4 Å². The Morgan fingerprint density at radius 2 is 2.00 bits per heavy atom. The lowest BCUT2D eigenvalue weighted by molar-refractivity contribution is 0.564. The van der Waals surface area contributed by atoms with Gasteiger partial charge >= 0.3 is 0 Å². The van der Waals surface area contributed by atoms with Crippen LogP contribution in [0.5, 0.6) is 0 Å². The predicted octanol–water partition coefficient (Wildman–Crippen LogP) is 1.90. The first-order chi connectivity index (χ1) is 7.89. The second kappa shape index (κ2) is 4.06. The van der Waals surface area contributed by atoms with Crippen molar-refractivity contribution in [1.82, 2.24) is 25.4 Å². The smallest absolute Gasteiger partial charge is 0.184 e. The summed E-state index contributed by atoms with van der Waals surface area (Å²) in [6.07, 6.45) is 1.56. The van der Waals surface area contributed by atoms with Crippen molar-refractivity contribution in [2.45, 2.75) is 26.2 Å². The number of aromatic amines is 1. The van der Waals surface area contributed by atoms with Crippen LogP contribution in [-0.4, -0.2) is 25.4 Å². The molecule has 0 saturated carbocycles. The monoisotopic (exact) mass is 296 g/mol. The third-order valence-electron chi connectivity index (χ3n) is 2.23. The van der Waals surface area contributed by atoms with Gasteiger partial charge < -0.3 is 5.73 Å². The molecule has 0 atom stereocenters. The van der Waals surface area contributed by atoms with E-state index in [2.05, 4.69) is 62.1 Å². The van der Waals surface area contributed by atoms with Gasteiger partial charge in [-0.15, -0.1) is 0 Å². The molecule has 0 aliphatic rings. The molecule has 6 nitrogen and oxygen atoms in total. The fourth-order valence-corrected chi connectivity index (χ4v) is 2.16. The minimum Gasteiger partial charge on any atom is -0.383 e. The number of aromatic nitrogens is 5. The molecule has 0 amide bonds. The second-order valence-corrected chi connectivity index (χ2v) is 5.49. The molecule has 0 aliphatic heterocycles. The lowest BCUT2D eigenvalue weighted by atomic mass is 9.92. The number of hydrogen-bond donors (Lipinski definition) is 2. The van der Waals surface area contributed by atoms with Crippen molar-refractivity contribution in [3.63, 3.8) is 0 Å². The zero-order chi connectivity index (χ0) is 12.6. The van der Waals surface area contributed by atoms with Gasteiger partial charge in [-0.1, -0.05) is 20.8 Å². The minimum absolute atomic E-state index is 0.131. The Labute approximate surface area is 107 Å². The number of halogens is 1. The summed E-state index contributed by atoms with van der Waals surface area (Å²) in [6, 6.07) is 0. The van der Waals surface area contributed by atoms with E-state index in [0.717, 1.165) is 10.2 Å².